The normalized spacial score (nSPS) is 11.8. The Morgan fingerprint density at radius 2 is 1.72 bits per heavy atom. The number of nitrogens with zero attached hydrogens (tertiary/aromatic N) is 1. The molecule has 0 amide bonds. The quantitative estimate of drug-likeness (QED) is 0.792. The first-order valence-corrected chi connectivity index (χ1v) is 7.35. The van der Waals surface area contributed by atoms with Gasteiger partial charge in [0.25, 0.3) is 0 Å². The number of benzene rings is 1. The topological polar surface area (TPSA) is 54.5 Å². The molecule has 0 aromatic heterocycles. The summed E-state index contributed by atoms with van der Waals surface area (Å²) in [6.07, 6.45) is 1.78. The Hall–Kier alpha value is -1.20. The molecule has 4 nitrogen and oxygen atoms in total. The maximum Gasteiger partial charge on any atom is 0.242 e. The highest BCUT2D eigenvalue weighted by Gasteiger charge is 2.16. The van der Waals surface area contributed by atoms with Gasteiger partial charge in [-0.25, -0.2) is 12.7 Å². The SMILES string of the molecule is CCCC(=O)Cc1ccc(S(=O)(=O)N(C)C)cc1. The number of hydrogen-bond donors (Lipinski definition) is 0. The van der Waals surface area contributed by atoms with E-state index in [2.05, 4.69) is 0 Å². The van der Waals surface area contributed by atoms with Gasteiger partial charge in [0.2, 0.25) is 10.0 Å². The predicted molar refractivity (Wildman–Crippen MR) is 70.9 cm³/mol. The van der Waals surface area contributed by atoms with Gasteiger partial charge in [-0.2, -0.15) is 0 Å². The van der Waals surface area contributed by atoms with Gasteiger partial charge in [0.05, 0.1) is 4.90 Å². The zero-order valence-corrected chi connectivity index (χ0v) is 11.8. The molecule has 0 saturated carbocycles. The van der Waals surface area contributed by atoms with E-state index in [0.717, 1.165) is 12.0 Å². The number of carbonyl (C=O) groups is 1. The second-order valence-corrected chi connectivity index (χ2v) is 6.55. The Kier molecular flexibility index (Phi) is 5.04. The smallest absolute Gasteiger partial charge is 0.242 e. The van der Waals surface area contributed by atoms with Crippen molar-refractivity contribution in [2.75, 3.05) is 14.1 Å². The average Bonchev–Trinajstić information content (AvgIpc) is 2.29. The molecule has 5 heteroatoms. The third-order valence-electron chi connectivity index (χ3n) is 2.63. The summed E-state index contributed by atoms with van der Waals surface area (Å²) in [5, 5.41) is 0. The maximum atomic E-state index is 11.8. The summed E-state index contributed by atoms with van der Waals surface area (Å²) in [4.78, 5) is 11.7. The van der Waals surface area contributed by atoms with Crippen molar-refractivity contribution in [2.45, 2.75) is 31.1 Å². The van der Waals surface area contributed by atoms with Crippen LogP contribution in [0.3, 0.4) is 0 Å². The van der Waals surface area contributed by atoms with Crippen LogP contribution in [0.1, 0.15) is 25.3 Å². The molecule has 0 atom stereocenters. The van der Waals surface area contributed by atoms with Crippen molar-refractivity contribution < 1.29 is 13.2 Å². The van der Waals surface area contributed by atoms with Gasteiger partial charge in [-0.05, 0) is 24.1 Å². The van der Waals surface area contributed by atoms with Crippen molar-refractivity contribution in [1.29, 1.82) is 0 Å². The van der Waals surface area contributed by atoms with Crippen LogP contribution in [-0.4, -0.2) is 32.6 Å². The van der Waals surface area contributed by atoms with Crippen molar-refractivity contribution >= 4 is 15.8 Å². The van der Waals surface area contributed by atoms with Crippen molar-refractivity contribution in [3.05, 3.63) is 29.8 Å². The van der Waals surface area contributed by atoms with Gasteiger partial charge in [0, 0.05) is 26.9 Å². The lowest BCUT2D eigenvalue weighted by Crippen LogP contribution is -2.22. The summed E-state index contributed by atoms with van der Waals surface area (Å²) in [7, 11) is -0.396. The van der Waals surface area contributed by atoms with E-state index in [4.69, 9.17) is 0 Å². The standard InChI is InChI=1S/C13H19NO3S/c1-4-5-12(15)10-11-6-8-13(9-7-11)18(16,17)14(2)3/h6-9H,4-5,10H2,1-3H3. The summed E-state index contributed by atoms with van der Waals surface area (Å²) < 4.78 is 24.8. The minimum atomic E-state index is -3.38. The first-order valence-electron chi connectivity index (χ1n) is 5.91. The van der Waals surface area contributed by atoms with Crippen molar-refractivity contribution in [3.8, 4) is 0 Å². The van der Waals surface area contributed by atoms with Gasteiger partial charge in [-0.3, -0.25) is 4.79 Å². The molecule has 100 valence electrons. The average molecular weight is 269 g/mol. The fourth-order valence-corrected chi connectivity index (χ4v) is 2.49. The first-order chi connectivity index (χ1) is 8.37. The lowest BCUT2D eigenvalue weighted by atomic mass is 10.1. The number of carbonyl (C=O) groups excluding carboxylic acids is 1. The van der Waals surface area contributed by atoms with Crippen molar-refractivity contribution in [2.24, 2.45) is 0 Å². The van der Waals surface area contributed by atoms with Gasteiger partial charge in [0.15, 0.2) is 0 Å². The molecular formula is C13H19NO3S. The molecular weight excluding hydrogens is 250 g/mol. The molecule has 0 unspecified atom stereocenters. The molecule has 0 radical (unpaired) electrons. The summed E-state index contributed by atoms with van der Waals surface area (Å²) in [5.41, 5.74) is 0.853. The lowest BCUT2D eigenvalue weighted by Gasteiger charge is -2.11. The zero-order chi connectivity index (χ0) is 13.8. The zero-order valence-electron chi connectivity index (χ0n) is 11.0. The molecule has 1 aromatic rings. The highest BCUT2D eigenvalue weighted by Crippen LogP contribution is 2.14. The molecule has 0 N–H and O–H groups in total. The van der Waals surface area contributed by atoms with Gasteiger partial charge in [-0.1, -0.05) is 19.1 Å². The van der Waals surface area contributed by atoms with Crippen LogP contribution in [0.4, 0.5) is 0 Å². The third-order valence-corrected chi connectivity index (χ3v) is 4.46. The Morgan fingerprint density at radius 3 is 2.17 bits per heavy atom. The number of rotatable bonds is 6. The number of sulfonamides is 1. The highest BCUT2D eigenvalue weighted by atomic mass is 32.2. The molecule has 0 bridgehead atoms. The maximum absolute atomic E-state index is 11.8. The van der Waals surface area contributed by atoms with Crippen LogP contribution in [0.5, 0.6) is 0 Å². The first kappa shape index (κ1) is 14.9. The minimum Gasteiger partial charge on any atom is -0.299 e. The Bertz CT molecular complexity index is 504. The van der Waals surface area contributed by atoms with E-state index in [1.165, 1.54) is 18.4 Å². The molecule has 1 aromatic carbocycles. The number of Topliss-reactive ketones (excluding diaryl/α,β-unsaturated/α-hetero) is 1. The molecule has 0 aliphatic heterocycles. The fourth-order valence-electron chi connectivity index (χ4n) is 1.58. The van der Waals surface area contributed by atoms with Crippen LogP contribution in [0.2, 0.25) is 0 Å². The van der Waals surface area contributed by atoms with Crippen LogP contribution in [0.25, 0.3) is 0 Å². The van der Waals surface area contributed by atoms with E-state index in [-0.39, 0.29) is 10.7 Å². The predicted octanol–water partition coefficient (Wildman–Crippen LogP) is 1.85. The molecule has 0 spiro atoms. The summed E-state index contributed by atoms with van der Waals surface area (Å²) in [6.45, 7) is 1.96. The Balaban J connectivity index is 2.84. The van der Waals surface area contributed by atoms with Crippen LogP contribution < -0.4 is 0 Å². The van der Waals surface area contributed by atoms with Crippen molar-refractivity contribution in [1.82, 2.24) is 4.31 Å². The van der Waals surface area contributed by atoms with E-state index in [1.54, 1.807) is 24.3 Å². The fraction of sp³-hybridized carbons (Fsp3) is 0.462. The van der Waals surface area contributed by atoms with Gasteiger partial charge >= 0.3 is 0 Å². The summed E-state index contributed by atoms with van der Waals surface area (Å²) >= 11 is 0. The van der Waals surface area contributed by atoms with Crippen LogP contribution >= 0.6 is 0 Å². The Labute approximate surface area is 109 Å². The third kappa shape index (κ3) is 3.65. The lowest BCUT2D eigenvalue weighted by molar-refractivity contribution is -0.118. The summed E-state index contributed by atoms with van der Waals surface area (Å²) in [6, 6.07) is 6.49. The van der Waals surface area contributed by atoms with Crippen LogP contribution in [-0.2, 0) is 21.2 Å². The van der Waals surface area contributed by atoms with Gasteiger partial charge < -0.3 is 0 Å². The van der Waals surface area contributed by atoms with E-state index < -0.39 is 10.0 Å². The molecule has 0 fully saturated rings. The van der Waals surface area contributed by atoms with Crippen molar-refractivity contribution in [3.63, 3.8) is 0 Å². The van der Waals surface area contributed by atoms with E-state index in [9.17, 15) is 13.2 Å². The monoisotopic (exact) mass is 269 g/mol. The van der Waals surface area contributed by atoms with E-state index in [1.807, 2.05) is 6.92 Å². The molecule has 18 heavy (non-hydrogen) atoms. The van der Waals surface area contributed by atoms with E-state index in [0.29, 0.717) is 12.8 Å². The number of hydrogen-bond acceptors (Lipinski definition) is 3. The Morgan fingerprint density at radius 1 is 1.17 bits per heavy atom. The number of ketones is 1. The molecule has 1 rings (SSSR count). The van der Waals surface area contributed by atoms with E-state index >= 15 is 0 Å². The molecule has 0 heterocycles. The summed E-state index contributed by atoms with van der Waals surface area (Å²) in [5.74, 6) is 0.181. The molecule has 0 aliphatic rings. The molecule has 0 aliphatic carbocycles. The minimum absolute atomic E-state index is 0.181. The largest absolute Gasteiger partial charge is 0.299 e. The van der Waals surface area contributed by atoms with Crippen LogP contribution in [0, 0.1) is 0 Å². The molecule has 0 saturated heterocycles. The van der Waals surface area contributed by atoms with Gasteiger partial charge in [-0.15, -0.1) is 0 Å². The second kappa shape index (κ2) is 6.11. The van der Waals surface area contributed by atoms with Gasteiger partial charge in [0.1, 0.15) is 5.78 Å². The highest BCUT2D eigenvalue weighted by molar-refractivity contribution is 7.89. The second-order valence-electron chi connectivity index (χ2n) is 4.40. The van der Waals surface area contributed by atoms with Crippen LogP contribution in [0.15, 0.2) is 29.2 Å².